The Kier molecular flexibility index (Phi) is 4.70. The van der Waals surface area contributed by atoms with Gasteiger partial charge in [0.2, 0.25) is 0 Å². The Morgan fingerprint density at radius 3 is 2.71 bits per heavy atom. The van der Waals surface area contributed by atoms with E-state index >= 15 is 0 Å². The van der Waals surface area contributed by atoms with Crippen molar-refractivity contribution in [3.8, 4) is 6.07 Å². The molecule has 1 aromatic rings. The number of hydrogen-bond acceptors (Lipinski definition) is 3. The molecule has 0 spiro atoms. The van der Waals surface area contributed by atoms with Crippen LogP contribution in [0.4, 0.5) is 0 Å². The van der Waals surface area contributed by atoms with Crippen molar-refractivity contribution in [3.05, 3.63) is 35.9 Å². The molecule has 0 heterocycles. The van der Waals surface area contributed by atoms with Gasteiger partial charge in [0.05, 0.1) is 18.7 Å². The second-order valence-corrected chi connectivity index (χ2v) is 3.06. The van der Waals surface area contributed by atoms with Crippen molar-refractivity contribution in [1.29, 1.82) is 5.26 Å². The van der Waals surface area contributed by atoms with Crippen molar-refractivity contribution in [3.63, 3.8) is 0 Å². The summed E-state index contributed by atoms with van der Waals surface area (Å²) in [6, 6.07) is 11.5. The summed E-state index contributed by atoms with van der Waals surface area (Å²) in [7, 11) is 0. The van der Waals surface area contributed by atoms with E-state index < -0.39 is 6.04 Å². The highest BCUT2D eigenvalue weighted by atomic mass is 16.5. The molecule has 0 bridgehead atoms. The van der Waals surface area contributed by atoms with Crippen LogP contribution in [-0.2, 0) is 11.3 Å². The molecule has 0 aliphatic rings. The number of benzene rings is 1. The van der Waals surface area contributed by atoms with Crippen molar-refractivity contribution < 1.29 is 4.74 Å². The standard InChI is InChI=1S/C11H14N2O/c12-8-11(13)6-7-14-9-10-4-2-1-3-5-10/h1-5,11H,6-7,9,13H2/i8+1. The lowest BCUT2D eigenvalue weighted by atomic mass is 10.2. The Hall–Kier alpha value is -1.37. The summed E-state index contributed by atoms with van der Waals surface area (Å²) in [6.45, 7) is 1.11. The molecule has 1 atom stereocenters. The zero-order valence-electron chi connectivity index (χ0n) is 8.02. The number of ether oxygens (including phenoxy) is 1. The van der Waals surface area contributed by atoms with E-state index in [-0.39, 0.29) is 0 Å². The number of nitrogens with zero attached hydrogens (tertiary/aromatic N) is 1. The summed E-state index contributed by atoms with van der Waals surface area (Å²) in [5.74, 6) is 0. The summed E-state index contributed by atoms with van der Waals surface area (Å²) in [5.41, 5.74) is 6.55. The van der Waals surface area contributed by atoms with Gasteiger partial charge in [-0.15, -0.1) is 0 Å². The molecule has 1 unspecified atom stereocenters. The molecule has 0 amide bonds. The average molecular weight is 191 g/mol. The molecule has 1 aromatic carbocycles. The predicted octanol–water partition coefficient (Wildman–Crippen LogP) is 1.44. The topological polar surface area (TPSA) is 59.0 Å². The Labute approximate surface area is 84.1 Å². The second kappa shape index (κ2) is 6.14. The van der Waals surface area contributed by atoms with Crippen molar-refractivity contribution in [2.45, 2.75) is 19.1 Å². The fourth-order valence-corrected chi connectivity index (χ4v) is 1.04. The van der Waals surface area contributed by atoms with Gasteiger partial charge in [-0.3, -0.25) is 0 Å². The molecule has 2 N–H and O–H groups in total. The Morgan fingerprint density at radius 2 is 2.07 bits per heavy atom. The van der Waals surface area contributed by atoms with Crippen molar-refractivity contribution in [2.24, 2.45) is 5.73 Å². The third-order valence-electron chi connectivity index (χ3n) is 1.85. The summed E-state index contributed by atoms with van der Waals surface area (Å²) in [6.07, 6.45) is 0.587. The van der Waals surface area contributed by atoms with Crippen LogP contribution in [0.3, 0.4) is 0 Å². The molecule has 0 aliphatic heterocycles. The van der Waals surface area contributed by atoms with Gasteiger partial charge in [0, 0.05) is 6.61 Å². The van der Waals surface area contributed by atoms with E-state index in [9.17, 15) is 0 Å². The van der Waals surface area contributed by atoms with Gasteiger partial charge >= 0.3 is 0 Å². The minimum Gasteiger partial charge on any atom is -0.377 e. The molecule has 0 aromatic heterocycles. The monoisotopic (exact) mass is 191 g/mol. The summed E-state index contributed by atoms with van der Waals surface area (Å²) in [4.78, 5) is 0. The minimum absolute atomic E-state index is 0.411. The van der Waals surface area contributed by atoms with E-state index in [2.05, 4.69) is 0 Å². The van der Waals surface area contributed by atoms with Crippen LogP contribution in [-0.4, -0.2) is 12.6 Å². The quantitative estimate of drug-likeness (QED) is 0.566. The Balaban J connectivity index is 2.14. The van der Waals surface area contributed by atoms with Crippen LogP contribution in [0.2, 0.25) is 0 Å². The fourth-order valence-electron chi connectivity index (χ4n) is 1.04. The predicted molar refractivity (Wildman–Crippen MR) is 54.3 cm³/mol. The Bertz CT molecular complexity index is 292. The van der Waals surface area contributed by atoms with Crippen LogP contribution in [0.1, 0.15) is 12.0 Å². The zero-order chi connectivity index (χ0) is 10.2. The highest BCUT2D eigenvalue weighted by Gasteiger charge is 1.98. The van der Waals surface area contributed by atoms with Crippen LogP contribution in [0, 0.1) is 11.3 Å². The minimum atomic E-state index is -0.411. The molecule has 0 saturated heterocycles. The molecular weight excluding hydrogens is 177 g/mol. The third-order valence-corrected chi connectivity index (χ3v) is 1.85. The van der Waals surface area contributed by atoms with Gasteiger partial charge in [-0.1, -0.05) is 30.3 Å². The molecule has 74 valence electrons. The van der Waals surface area contributed by atoms with Gasteiger partial charge < -0.3 is 10.5 Å². The molecule has 3 nitrogen and oxygen atoms in total. The Morgan fingerprint density at radius 1 is 1.36 bits per heavy atom. The maximum absolute atomic E-state index is 8.42. The maximum atomic E-state index is 8.42. The van der Waals surface area contributed by atoms with Gasteiger partial charge in [0.15, 0.2) is 0 Å². The van der Waals surface area contributed by atoms with Gasteiger partial charge in [-0.25, -0.2) is 0 Å². The lowest BCUT2D eigenvalue weighted by molar-refractivity contribution is 0.117. The smallest absolute Gasteiger partial charge is 0.0950 e. The molecular formula is C11H14N2O. The van der Waals surface area contributed by atoms with E-state index in [0.29, 0.717) is 19.6 Å². The summed E-state index contributed by atoms with van der Waals surface area (Å²) >= 11 is 0. The first-order valence-electron chi connectivity index (χ1n) is 4.60. The highest BCUT2D eigenvalue weighted by Crippen LogP contribution is 2.00. The van der Waals surface area contributed by atoms with E-state index in [1.807, 2.05) is 36.4 Å². The van der Waals surface area contributed by atoms with E-state index in [0.717, 1.165) is 5.56 Å². The fraction of sp³-hybridized carbons (Fsp3) is 0.364. The third kappa shape index (κ3) is 4.04. The molecule has 1 rings (SSSR count). The van der Waals surface area contributed by atoms with Gasteiger partial charge in [-0.2, -0.15) is 5.26 Å². The summed E-state index contributed by atoms with van der Waals surface area (Å²) in [5, 5.41) is 8.42. The second-order valence-electron chi connectivity index (χ2n) is 3.06. The van der Waals surface area contributed by atoms with E-state index in [4.69, 9.17) is 15.7 Å². The van der Waals surface area contributed by atoms with Crippen LogP contribution in [0.5, 0.6) is 0 Å². The first kappa shape index (κ1) is 10.7. The van der Waals surface area contributed by atoms with Crippen LogP contribution < -0.4 is 5.73 Å². The van der Waals surface area contributed by atoms with E-state index in [1.54, 1.807) is 0 Å². The van der Waals surface area contributed by atoms with E-state index in [1.165, 1.54) is 0 Å². The van der Waals surface area contributed by atoms with Gasteiger partial charge in [-0.05, 0) is 12.0 Å². The number of nitriles is 1. The van der Waals surface area contributed by atoms with Crippen LogP contribution in [0.25, 0.3) is 0 Å². The zero-order valence-corrected chi connectivity index (χ0v) is 8.02. The number of hydrogen-bond donors (Lipinski definition) is 1. The normalized spacial score (nSPS) is 12.0. The van der Waals surface area contributed by atoms with Gasteiger partial charge in [0.25, 0.3) is 0 Å². The van der Waals surface area contributed by atoms with Crippen molar-refractivity contribution >= 4 is 0 Å². The lowest BCUT2D eigenvalue weighted by Gasteiger charge is -2.04. The van der Waals surface area contributed by atoms with Crippen molar-refractivity contribution in [2.75, 3.05) is 6.61 Å². The summed E-state index contributed by atoms with van der Waals surface area (Å²) < 4.78 is 5.36. The SMILES string of the molecule is N#[13C]C(N)CCOCc1ccccc1. The average Bonchev–Trinajstić information content (AvgIpc) is 2.25. The first-order valence-corrected chi connectivity index (χ1v) is 4.60. The highest BCUT2D eigenvalue weighted by molar-refractivity contribution is 5.13. The molecule has 0 saturated carbocycles. The van der Waals surface area contributed by atoms with Crippen LogP contribution in [0.15, 0.2) is 30.3 Å². The largest absolute Gasteiger partial charge is 0.377 e. The lowest BCUT2D eigenvalue weighted by Crippen LogP contribution is -2.19. The van der Waals surface area contributed by atoms with Crippen molar-refractivity contribution in [1.82, 2.24) is 0 Å². The molecule has 14 heavy (non-hydrogen) atoms. The molecule has 0 fully saturated rings. The molecule has 0 radical (unpaired) electrons. The maximum Gasteiger partial charge on any atom is 0.0950 e. The molecule has 0 aliphatic carbocycles. The van der Waals surface area contributed by atoms with Crippen LogP contribution >= 0.6 is 0 Å². The number of nitrogens with two attached hydrogens (primary N) is 1. The van der Waals surface area contributed by atoms with Gasteiger partial charge in [0.1, 0.15) is 0 Å². The number of rotatable bonds is 5. The molecule has 3 heteroatoms. The first-order chi connectivity index (χ1) is 6.83.